The van der Waals surface area contributed by atoms with Crippen LogP contribution in [0.15, 0.2) is 30.3 Å². The van der Waals surface area contributed by atoms with Gasteiger partial charge in [-0.2, -0.15) is 0 Å². The fraction of sp³-hybridized carbons (Fsp3) is 0.647. The predicted octanol–water partition coefficient (Wildman–Crippen LogP) is 3.46. The van der Waals surface area contributed by atoms with Crippen molar-refractivity contribution in [3.63, 3.8) is 0 Å². The molecule has 0 aromatic heterocycles. The normalized spacial score (nSPS) is 26.6. The van der Waals surface area contributed by atoms with Crippen LogP contribution in [0.5, 0.6) is 0 Å². The Balaban J connectivity index is 2.10. The number of benzene rings is 1. The Morgan fingerprint density at radius 2 is 1.89 bits per heavy atom. The average Bonchev–Trinajstić information content (AvgIpc) is 2.46. The highest BCUT2D eigenvalue weighted by molar-refractivity contribution is 5.20. The summed E-state index contributed by atoms with van der Waals surface area (Å²) in [5, 5.41) is 3.74. The maximum absolute atomic E-state index is 3.74. The third kappa shape index (κ3) is 3.37. The minimum absolute atomic E-state index is 0.476. The van der Waals surface area contributed by atoms with Gasteiger partial charge in [0.25, 0.3) is 0 Å². The summed E-state index contributed by atoms with van der Waals surface area (Å²) in [6.07, 6.45) is 1.26. The third-order valence-electron chi connectivity index (χ3n) is 4.56. The lowest BCUT2D eigenvalue weighted by Crippen LogP contribution is -2.57. The van der Waals surface area contributed by atoms with Gasteiger partial charge in [-0.25, -0.2) is 0 Å². The second-order valence-electron chi connectivity index (χ2n) is 6.11. The van der Waals surface area contributed by atoms with Crippen molar-refractivity contribution in [1.82, 2.24) is 10.2 Å². The maximum Gasteiger partial charge on any atom is 0.0450 e. The molecule has 1 fully saturated rings. The second-order valence-corrected chi connectivity index (χ2v) is 6.11. The van der Waals surface area contributed by atoms with Crippen molar-refractivity contribution in [3.8, 4) is 0 Å². The van der Waals surface area contributed by atoms with E-state index in [-0.39, 0.29) is 0 Å². The summed E-state index contributed by atoms with van der Waals surface area (Å²) < 4.78 is 0. The predicted molar refractivity (Wildman–Crippen MR) is 82.3 cm³/mol. The summed E-state index contributed by atoms with van der Waals surface area (Å²) >= 11 is 0. The molecule has 0 bridgehead atoms. The number of nitrogens with zero attached hydrogens (tertiary/aromatic N) is 1. The Labute approximate surface area is 118 Å². The van der Waals surface area contributed by atoms with Gasteiger partial charge in [-0.1, -0.05) is 50.6 Å². The zero-order chi connectivity index (χ0) is 13.8. The van der Waals surface area contributed by atoms with E-state index >= 15 is 0 Å². The van der Waals surface area contributed by atoms with E-state index < -0.39 is 0 Å². The van der Waals surface area contributed by atoms with Gasteiger partial charge in [-0.15, -0.1) is 0 Å². The van der Waals surface area contributed by atoms with Crippen molar-refractivity contribution in [3.05, 3.63) is 35.9 Å². The summed E-state index contributed by atoms with van der Waals surface area (Å²) in [5.41, 5.74) is 1.41. The standard InChI is InChI=1S/C17H28N2/c1-5-14(4)17-11-18-16(12-19(17)13(2)3)15-9-7-6-8-10-15/h6-10,13-14,16-18H,5,11-12H2,1-4H3. The molecule has 0 radical (unpaired) electrons. The van der Waals surface area contributed by atoms with Crippen LogP contribution in [0.1, 0.15) is 45.7 Å². The van der Waals surface area contributed by atoms with Crippen LogP contribution in [0, 0.1) is 5.92 Å². The van der Waals surface area contributed by atoms with Crippen molar-refractivity contribution in [2.75, 3.05) is 13.1 Å². The minimum Gasteiger partial charge on any atom is -0.307 e. The lowest BCUT2D eigenvalue weighted by Gasteiger charge is -2.45. The summed E-state index contributed by atoms with van der Waals surface area (Å²) in [6, 6.07) is 12.6. The molecule has 19 heavy (non-hydrogen) atoms. The fourth-order valence-corrected chi connectivity index (χ4v) is 3.09. The molecule has 3 atom stereocenters. The van der Waals surface area contributed by atoms with Crippen LogP contribution in [-0.2, 0) is 0 Å². The van der Waals surface area contributed by atoms with Gasteiger partial charge < -0.3 is 5.32 Å². The van der Waals surface area contributed by atoms with Crippen molar-refractivity contribution >= 4 is 0 Å². The molecule has 1 N–H and O–H groups in total. The van der Waals surface area contributed by atoms with Gasteiger partial charge in [0.2, 0.25) is 0 Å². The lowest BCUT2D eigenvalue weighted by molar-refractivity contribution is 0.0630. The molecule has 1 saturated heterocycles. The zero-order valence-corrected chi connectivity index (χ0v) is 12.8. The summed E-state index contributed by atoms with van der Waals surface area (Å²) in [6.45, 7) is 11.5. The van der Waals surface area contributed by atoms with Crippen LogP contribution in [0.4, 0.5) is 0 Å². The summed E-state index contributed by atoms with van der Waals surface area (Å²) in [4.78, 5) is 2.68. The number of hydrogen-bond donors (Lipinski definition) is 1. The number of rotatable bonds is 4. The van der Waals surface area contributed by atoms with Crippen LogP contribution < -0.4 is 5.32 Å². The molecule has 3 unspecified atom stereocenters. The first-order chi connectivity index (χ1) is 9.13. The van der Waals surface area contributed by atoms with E-state index in [1.54, 1.807) is 0 Å². The van der Waals surface area contributed by atoms with Crippen molar-refractivity contribution in [2.45, 2.75) is 52.2 Å². The smallest absolute Gasteiger partial charge is 0.0450 e. The third-order valence-corrected chi connectivity index (χ3v) is 4.56. The summed E-state index contributed by atoms with van der Waals surface area (Å²) in [5.74, 6) is 0.756. The molecule has 1 aliphatic heterocycles. The van der Waals surface area contributed by atoms with E-state index in [1.807, 2.05) is 0 Å². The SMILES string of the molecule is CCC(C)C1CNC(c2ccccc2)CN1C(C)C. The van der Waals surface area contributed by atoms with Crippen molar-refractivity contribution in [2.24, 2.45) is 5.92 Å². The first-order valence-corrected chi connectivity index (χ1v) is 7.67. The Hall–Kier alpha value is -0.860. The van der Waals surface area contributed by atoms with E-state index in [0.29, 0.717) is 18.1 Å². The van der Waals surface area contributed by atoms with Crippen molar-refractivity contribution in [1.29, 1.82) is 0 Å². The first kappa shape index (κ1) is 14.5. The molecular weight excluding hydrogens is 232 g/mol. The van der Waals surface area contributed by atoms with Gasteiger partial charge >= 0.3 is 0 Å². The zero-order valence-electron chi connectivity index (χ0n) is 12.8. The van der Waals surface area contributed by atoms with Crippen LogP contribution in [0.2, 0.25) is 0 Å². The Bertz CT molecular complexity index is 374. The Kier molecular flexibility index (Phi) is 5.00. The van der Waals surface area contributed by atoms with Gasteiger partial charge in [0.1, 0.15) is 0 Å². The molecule has 1 aliphatic rings. The lowest BCUT2D eigenvalue weighted by atomic mass is 9.92. The fourth-order valence-electron chi connectivity index (χ4n) is 3.09. The van der Waals surface area contributed by atoms with E-state index in [4.69, 9.17) is 0 Å². The topological polar surface area (TPSA) is 15.3 Å². The highest BCUT2D eigenvalue weighted by Crippen LogP contribution is 2.26. The number of piperazine rings is 1. The first-order valence-electron chi connectivity index (χ1n) is 7.67. The molecule has 0 amide bonds. The van der Waals surface area contributed by atoms with Crippen LogP contribution in [-0.4, -0.2) is 30.1 Å². The monoisotopic (exact) mass is 260 g/mol. The Morgan fingerprint density at radius 1 is 1.21 bits per heavy atom. The van der Waals surface area contributed by atoms with E-state index in [0.717, 1.165) is 19.0 Å². The molecule has 1 aromatic carbocycles. The highest BCUT2D eigenvalue weighted by atomic mass is 15.3. The number of nitrogens with one attached hydrogen (secondary N) is 1. The molecule has 2 rings (SSSR count). The average molecular weight is 260 g/mol. The summed E-state index contributed by atoms with van der Waals surface area (Å²) in [7, 11) is 0. The van der Waals surface area contributed by atoms with Crippen LogP contribution in [0.3, 0.4) is 0 Å². The quantitative estimate of drug-likeness (QED) is 0.892. The van der Waals surface area contributed by atoms with Crippen LogP contribution in [0.25, 0.3) is 0 Å². The molecule has 0 aliphatic carbocycles. The minimum atomic E-state index is 0.476. The van der Waals surface area contributed by atoms with Gasteiger partial charge in [-0.05, 0) is 25.3 Å². The molecular formula is C17H28N2. The van der Waals surface area contributed by atoms with Crippen LogP contribution >= 0.6 is 0 Å². The second kappa shape index (κ2) is 6.53. The van der Waals surface area contributed by atoms with Gasteiger partial charge in [0.15, 0.2) is 0 Å². The molecule has 1 heterocycles. The largest absolute Gasteiger partial charge is 0.307 e. The van der Waals surface area contributed by atoms with Gasteiger partial charge in [0.05, 0.1) is 0 Å². The van der Waals surface area contributed by atoms with Gasteiger partial charge in [0, 0.05) is 31.2 Å². The van der Waals surface area contributed by atoms with Crippen molar-refractivity contribution < 1.29 is 0 Å². The molecule has 0 spiro atoms. The molecule has 106 valence electrons. The molecule has 2 nitrogen and oxygen atoms in total. The maximum atomic E-state index is 3.74. The highest BCUT2D eigenvalue weighted by Gasteiger charge is 2.32. The van der Waals surface area contributed by atoms with E-state index in [2.05, 4.69) is 68.2 Å². The Morgan fingerprint density at radius 3 is 2.47 bits per heavy atom. The van der Waals surface area contributed by atoms with Gasteiger partial charge in [-0.3, -0.25) is 4.90 Å². The number of hydrogen-bond acceptors (Lipinski definition) is 2. The van der Waals surface area contributed by atoms with E-state index in [1.165, 1.54) is 12.0 Å². The molecule has 1 aromatic rings. The molecule has 0 saturated carbocycles. The molecule has 2 heteroatoms. The van der Waals surface area contributed by atoms with E-state index in [9.17, 15) is 0 Å².